The molecule has 1 aliphatic heterocycles. The molecule has 0 fully saturated rings. The average Bonchev–Trinajstić information content (AvgIpc) is 2.43. The fourth-order valence-corrected chi connectivity index (χ4v) is 2.55. The standard InChI is InChI=1S/C17H17NO3/c1-10(16(19)20)12-5-7-18-14-8-11-4-6-17(2,3)21-15(11)9-13(12)14/h4-10H,1-3H3,(H,19,20). The number of hydrogen-bond acceptors (Lipinski definition) is 3. The number of carboxylic acids is 1. The molecule has 4 nitrogen and oxygen atoms in total. The molecule has 21 heavy (non-hydrogen) atoms. The molecule has 108 valence electrons. The van der Waals surface area contributed by atoms with E-state index in [0.717, 1.165) is 27.8 Å². The Morgan fingerprint density at radius 2 is 2.14 bits per heavy atom. The molecule has 1 aromatic heterocycles. The van der Waals surface area contributed by atoms with Crippen molar-refractivity contribution in [3.63, 3.8) is 0 Å². The van der Waals surface area contributed by atoms with E-state index in [1.165, 1.54) is 0 Å². The Labute approximate surface area is 123 Å². The summed E-state index contributed by atoms with van der Waals surface area (Å²) in [6.07, 6.45) is 5.68. The van der Waals surface area contributed by atoms with Crippen molar-refractivity contribution >= 4 is 22.9 Å². The Morgan fingerprint density at radius 3 is 2.86 bits per heavy atom. The van der Waals surface area contributed by atoms with Gasteiger partial charge in [-0.2, -0.15) is 0 Å². The molecule has 0 spiro atoms. The fraction of sp³-hybridized carbons (Fsp3) is 0.294. The maximum absolute atomic E-state index is 11.3. The normalized spacial score (nSPS) is 17.1. The van der Waals surface area contributed by atoms with Crippen LogP contribution in [-0.2, 0) is 4.79 Å². The van der Waals surface area contributed by atoms with Gasteiger partial charge in [-0.3, -0.25) is 9.78 Å². The second kappa shape index (κ2) is 4.58. The van der Waals surface area contributed by atoms with Crippen LogP contribution >= 0.6 is 0 Å². The molecule has 4 heteroatoms. The predicted molar refractivity (Wildman–Crippen MR) is 81.5 cm³/mol. The molecule has 0 saturated carbocycles. The highest BCUT2D eigenvalue weighted by Gasteiger charge is 2.23. The van der Waals surface area contributed by atoms with Crippen molar-refractivity contribution in [1.82, 2.24) is 4.98 Å². The number of nitrogens with zero attached hydrogens (tertiary/aromatic N) is 1. The summed E-state index contributed by atoms with van der Waals surface area (Å²) < 4.78 is 5.96. The minimum atomic E-state index is -0.846. The lowest BCUT2D eigenvalue weighted by Gasteiger charge is -2.28. The molecule has 0 amide bonds. The van der Waals surface area contributed by atoms with Crippen molar-refractivity contribution in [2.75, 3.05) is 0 Å². The van der Waals surface area contributed by atoms with Gasteiger partial charge in [0.15, 0.2) is 0 Å². The third-order valence-electron chi connectivity index (χ3n) is 3.78. The van der Waals surface area contributed by atoms with Gasteiger partial charge in [0, 0.05) is 17.1 Å². The lowest BCUT2D eigenvalue weighted by atomic mass is 9.95. The quantitative estimate of drug-likeness (QED) is 0.914. The summed E-state index contributed by atoms with van der Waals surface area (Å²) in [5.41, 5.74) is 2.15. The van der Waals surface area contributed by atoms with Crippen LogP contribution in [0, 0.1) is 0 Å². The lowest BCUT2D eigenvalue weighted by Crippen LogP contribution is -2.27. The van der Waals surface area contributed by atoms with Gasteiger partial charge in [-0.25, -0.2) is 0 Å². The summed E-state index contributed by atoms with van der Waals surface area (Å²) in [4.78, 5) is 15.6. The summed E-state index contributed by atoms with van der Waals surface area (Å²) in [7, 11) is 0. The van der Waals surface area contributed by atoms with Crippen molar-refractivity contribution in [1.29, 1.82) is 0 Å². The number of benzene rings is 1. The monoisotopic (exact) mass is 283 g/mol. The van der Waals surface area contributed by atoms with Crippen LogP contribution in [0.3, 0.4) is 0 Å². The summed E-state index contributed by atoms with van der Waals surface area (Å²) >= 11 is 0. The molecule has 1 aromatic carbocycles. The number of ether oxygens (including phenoxy) is 1. The van der Waals surface area contributed by atoms with Gasteiger partial charge in [0.1, 0.15) is 11.4 Å². The van der Waals surface area contributed by atoms with E-state index >= 15 is 0 Å². The molecule has 2 aromatic rings. The molecule has 2 heterocycles. The van der Waals surface area contributed by atoms with E-state index in [2.05, 4.69) is 4.98 Å². The first kappa shape index (κ1) is 13.6. The molecule has 1 aliphatic rings. The molecule has 0 aliphatic carbocycles. The first-order valence-corrected chi connectivity index (χ1v) is 6.91. The zero-order valence-corrected chi connectivity index (χ0v) is 12.3. The van der Waals surface area contributed by atoms with E-state index < -0.39 is 11.9 Å². The summed E-state index contributed by atoms with van der Waals surface area (Å²) in [6.45, 7) is 5.66. The summed E-state index contributed by atoms with van der Waals surface area (Å²) in [5, 5.41) is 10.1. The van der Waals surface area contributed by atoms with Crippen LogP contribution in [0.4, 0.5) is 0 Å². The molecule has 0 radical (unpaired) electrons. The zero-order valence-electron chi connectivity index (χ0n) is 12.3. The number of rotatable bonds is 2. The summed E-state index contributed by atoms with van der Waals surface area (Å²) in [6, 6.07) is 5.60. The van der Waals surface area contributed by atoms with Gasteiger partial charge < -0.3 is 9.84 Å². The maximum atomic E-state index is 11.3. The number of carboxylic acid groups (broad SMARTS) is 1. The smallest absolute Gasteiger partial charge is 0.310 e. The van der Waals surface area contributed by atoms with Crippen LogP contribution in [0.15, 0.2) is 30.5 Å². The Bertz CT molecular complexity index is 762. The van der Waals surface area contributed by atoms with Crippen LogP contribution < -0.4 is 4.74 Å². The average molecular weight is 283 g/mol. The Balaban J connectivity index is 2.22. The van der Waals surface area contributed by atoms with E-state index in [-0.39, 0.29) is 5.60 Å². The third-order valence-corrected chi connectivity index (χ3v) is 3.78. The second-order valence-corrected chi connectivity index (χ2v) is 5.91. The van der Waals surface area contributed by atoms with Gasteiger partial charge in [-0.15, -0.1) is 0 Å². The van der Waals surface area contributed by atoms with Gasteiger partial charge >= 0.3 is 5.97 Å². The molecular weight excluding hydrogens is 266 g/mol. The minimum Gasteiger partial charge on any atom is -0.483 e. The largest absolute Gasteiger partial charge is 0.483 e. The Hall–Kier alpha value is -2.36. The molecular formula is C17H17NO3. The number of carbonyl (C=O) groups is 1. The van der Waals surface area contributed by atoms with Crippen LogP contribution in [-0.4, -0.2) is 21.7 Å². The number of pyridine rings is 1. The highest BCUT2D eigenvalue weighted by molar-refractivity contribution is 5.91. The van der Waals surface area contributed by atoms with Crippen LogP contribution in [0.5, 0.6) is 5.75 Å². The van der Waals surface area contributed by atoms with Gasteiger partial charge in [0.05, 0.1) is 11.4 Å². The summed E-state index contributed by atoms with van der Waals surface area (Å²) in [5.74, 6) is -0.663. The minimum absolute atomic E-state index is 0.360. The molecule has 1 atom stereocenters. The van der Waals surface area contributed by atoms with Crippen molar-refractivity contribution in [2.45, 2.75) is 32.3 Å². The highest BCUT2D eigenvalue weighted by atomic mass is 16.5. The van der Waals surface area contributed by atoms with Crippen LogP contribution in [0.25, 0.3) is 17.0 Å². The van der Waals surface area contributed by atoms with Crippen molar-refractivity contribution in [2.24, 2.45) is 0 Å². The molecule has 0 bridgehead atoms. The van der Waals surface area contributed by atoms with Gasteiger partial charge in [0.25, 0.3) is 0 Å². The zero-order chi connectivity index (χ0) is 15.2. The van der Waals surface area contributed by atoms with E-state index in [4.69, 9.17) is 4.74 Å². The van der Waals surface area contributed by atoms with Crippen molar-refractivity contribution in [3.8, 4) is 5.75 Å². The van der Waals surface area contributed by atoms with Gasteiger partial charge in [-0.05, 0) is 50.6 Å². The fourth-order valence-electron chi connectivity index (χ4n) is 2.55. The molecule has 0 saturated heterocycles. The van der Waals surface area contributed by atoms with E-state index in [1.807, 2.05) is 38.1 Å². The number of aliphatic carboxylic acids is 1. The topological polar surface area (TPSA) is 59.4 Å². The first-order valence-electron chi connectivity index (χ1n) is 6.91. The maximum Gasteiger partial charge on any atom is 0.310 e. The van der Waals surface area contributed by atoms with E-state index in [9.17, 15) is 9.90 Å². The van der Waals surface area contributed by atoms with Crippen LogP contribution in [0.2, 0.25) is 0 Å². The lowest BCUT2D eigenvalue weighted by molar-refractivity contribution is -0.138. The highest BCUT2D eigenvalue weighted by Crippen LogP contribution is 2.36. The number of aromatic nitrogens is 1. The first-order chi connectivity index (χ1) is 9.87. The molecule has 1 unspecified atom stereocenters. The van der Waals surface area contributed by atoms with E-state index in [0.29, 0.717) is 0 Å². The number of fused-ring (bicyclic) bond motifs is 2. The third kappa shape index (κ3) is 2.37. The molecule has 1 N–H and O–H groups in total. The number of hydrogen-bond donors (Lipinski definition) is 1. The Morgan fingerprint density at radius 1 is 1.38 bits per heavy atom. The van der Waals surface area contributed by atoms with Crippen molar-refractivity contribution in [3.05, 3.63) is 41.6 Å². The van der Waals surface area contributed by atoms with Crippen LogP contribution in [0.1, 0.15) is 37.8 Å². The predicted octanol–water partition coefficient (Wildman–Crippen LogP) is 3.61. The van der Waals surface area contributed by atoms with Gasteiger partial charge in [0.2, 0.25) is 0 Å². The van der Waals surface area contributed by atoms with E-state index in [1.54, 1.807) is 19.2 Å². The van der Waals surface area contributed by atoms with Crippen molar-refractivity contribution < 1.29 is 14.6 Å². The molecule has 3 rings (SSSR count). The van der Waals surface area contributed by atoms with Gasteiger partial charge in [-0.1, -0.05) is 6.08 Å². The Kier molecular flexibility index (Phi) is 2.97. The second-order valence-electron chi connectivity index (χ2n) is 5.91. The SMILES string of the molecule is CC(C(=O)O)c1ccnc2cc3c(cc12)OC(C)(C)C=C3.